The summed E-state index contributed by atoms with van der Waals surface area (Å²) in [5, 5.41) is 11.5. The van der Waals surface area contributed by atoms with Gasteiger partial charge in [-0.1, -0.05) is 22.9 Å². The van der Waals surface area contributed by atoms with Crippen molar-refractivity contribution in [1.29, 1.82) is 0 Å². The van der Waals surface area contributed by atoms with Crippen molar-refractivity contribution in [1.82, 2.24) is 0 Å². The number of halogens is 1. The first-order valence-electron chi connectivity index (χ1n) is 3.67. The summed E-state index contributed by atoms with van der Waals surface area (Å²) in [4.78, 5) is 0. The van der Waals surface area contributed by atoms with Gasteiger partial charge in [-0.05, 0) is 12.1 Å². The summed E-state index contributed by atoms with van der Waals surface area (Å²) in [5.41, 5.74) is 0. The molecule has 0 aliphatic carbocycles. The van der Waals surface area contributed by atoms with Crippen molar-refractivity contribution in [2.45, 2.75) is 0 Å². The van der Waals surface area contributed by atoms with Gasteiger partial charge in [-0.25, -0.2) is 0 Å². The largest absolute Gasteiger partial charge is 0.506 e. The molecule has 1 heterocycles. The average Bonchev–Trinajstić information content (AvgIpc) is 2.55. The van der Waals surface area contributed by atoms with Gasteiger partial charge in [-0.2, -0.15) is 0 Å². The fraction of sp³-hybridized carbons (Fsp3) is 0.111. The van der Waals surface area contributed by atoms with E-state index < -0.39 is 0 Å². The zero-order chi connectivity index (χ0) is 9.42. The molecule has 0 fully saturated rings. The molecule has 2 rings (SSSR count). The smallest absolute Gasteiger partial charge is 0.174 e. The fourth-order valence-corrected chi connectivity index (χ4v) is 2.19. The van der Waals surface area contributed by atoms with Crippen molar-refractivity contribution in [2.24, 2.45) is 0 Å². The molecule has 0 unspecified atom stereocenters. The Kier molecular flexibility index (Phi) is 2.06. The Hall–Kier alpha value is -0.930. The third-order valence-corrected chi connectivity index (χ3v) is 3.17. The van der Waals surface area contributed by atoms with E-state index >= 15 is 0 Å². The van der Waals surface area contributed by atoms with Crippen LogP contribution < -0.4 is 4.74 Å². The molecule has 0 amide bonds. The van der Waals surface area contributed by atoms with E-state index in [0.29, 0.717) is 5.02 Å². The van der Waals surface area contributed by atoms with E-state index in [0.717, 1.165) is 15.1 Å². The summed E-state index contributed by atoms with van der Waals surface area (Å²) >= 11 is 7.23. The molecule has 2 aromatic rings. The predicted molar refractivity (Wildman–Crippen MR) is 55.1 cm³/mol. The third kappa shape index (κ3) is 1.34. The zero-order valence-corrected chi connectivity index (χ0v) is 8.45. The average molecular weight is 215 g/mol. The van der Waals surface area contributed by atoms with Crippen molar-refractivity contribution >= 4 is 33.0 Å². The third-order valence-electron chi connectivity index (χ3n) is 1.80. The highest BCUT2D eigenvalue weighted by atomic mass is 35.5. The van der Waals surface area contributed by atoms with Crippen LogP contribution in [0.5, 0.6) is 10.8 Å². The van der Waals surface area contributed by atoms with Crippen molar-refractivity contribution < 1.29 is 9.84 Å². The number of aromatic hydroxyl groups is 1. The zero-order valence-electron chi connectivity index (χ0n) is 6.87. The number of fused-ring (bicyclic) bond motifs is 1. The number of benzene rings is 1. The molecule has 0 radical (unpaired) electrons. The normalized spacial score (nSPS) is 10.6. The summed E-state index contributed by atoms with van der Waals surface area (Å²) in [5.74, 6) is 0.124. The summed E-state index contributed by atoms with van der Waals surface area (Å²) in [6.07, 6.45) is 0. The second-order valence-corrected chi connectivity index (χ2v) is 4.03. The number of phenols is 1. The molecule has 4 heteroatoms. The number of hydrogen-bond acceptors (Lipinski definition) is 3. The molecule has 2 nitrogen and oxygen atoms in total. The van der Waals surface area contributed by atoms with Gasteiger partial charge in [0.1, 0.15) is 5.75 Å². The van der Waals surface area contributed by atoms with Gasteiger partial charge >= 0.3 is 0 Å². The molecule has 0 saturated heterocycles. The summed E-state index contributed by atoms with van der Waals surface area (Å²) in [6, 6.07) is 5.32. The Balaban J connectivity index is 2.76. The molecule has 1 aromatic carbocycles. The molecule has 0 spiro atoms. The predicted octanol–water partition coefficient (Wildman–Crippen LogP) is 3.27. The Bertz CT molecular complexity index is 450. The van der Waals surface area contributed by atoms with E-state index in [1.165, 1.54) is 11.3 Å². The van der Waals surface area contributed by atoms with Crippen LogP contribution in [0, 0.1) is 0 Å². The van der Waals surface area contributed by atoms with Crippen LogP contribution in [0.4, 0.5) is 0 Å². The van der Waals surface area contributed by atoms with Crippen LogP contribution in [0.15, 0.2) is 18.2 Å². The molecular weight excluding hydrogens is 208 g/mol. The van der Waals surface area contributed by atoms with E-state index in [4.69, 9.17) is 16.3 Å². The highest BCUT2D eigenvalue weighted by molar-refractivity contribution is 7.20. The first kappa shape index (κ1) is 8.66. The van der Waals surface area contributed by atoms with Crippen LogP contribution in [0.3, 0.4) is 0 Å². The van der Waals surface area contributed by atoms with Gasteiger partial charge in [-0.15, -0.1) is 0 Å². The van der Waals surface area contributed by atoms with Crippen LogP contribution in [-0.4, -0.2) is 12.2 Å². The molecule has 1 aromatic heterocycles. The molecular formula is C9H7ClO2S. The molecule has 0 aliphatic rings. The quantitative estimate of drug-likeness (QED) is 0.790. The Morgan fingerprint density at radius 3 is 2.92 bits per heavy atom. The molecule has 0 aliphatic heterocycles. The second-order valence-electron chi connectivity index (χ2n) is 2.58. The van der Waals surface area contributed by atoms with Crippen LogP contribution >= 0.6 is 22.9 Å². The topological polar surface area (TPSA) is 29.5 Å². The molecule has 0 saturated carbocycles. The molecule has 0 atom stereocenters. The van der Waals surface area contributed by atoms with Gasteiger partial charge < -0.3 is 9.84 Å². The number of ether oxygens (including phenoxy) is 1. The SMILES string of the molecule is COc1cc2c(O)c(Cl)ccc2s1. The second kappa shape index (κ2) is 3.09. The van der Waals surface area contributed by atoms with Crippen LogP contribution in [0.25, 0.3) is 10.1 Å². The minimum atomic E-state index is 0.124. The number of hydrogen-bond donors (Lipinski definition) is 1. The van der Waals surface area contributed by atoms with Crippen molar-refractivity contribution in [2.75, 3.05) is 7.11 Å². The van der Waals surface area contributed by atoms with E-state index in [-0.39, 0.29) is 5.75 Å². The lowest BCUT2D eigenvalue weighted by Crippen LogP contribution is -1.73. The van der Waals surface area contributed by atoms with Crippen LogP contribution in [0.1, 0.15) is 0 Å². The Labute approximate surface area is 84.3 Å². The number of methoxy groups -OCH3 is 1. The van der Waals surface area contributed by atoms with E-state index in [9.17, 15) is 5.11 Å². The number of phenolic OH excluding ortho intramolecular Hbond substituents is 1. The number of rotatable bonds is 1. The molecule has 68 valence electrons. The standard InChI is InChI=1S/C9H7ClO2S/c1-12-8-4-5-7(13-8)3-2-6(10)9(5)11/h2-4,11H,1H3. The van der Waals surface area contributed by atoms with E-state index in [2.05, 4.69) is 0 Å². The maximum atomic E-state index is 9.59. The summed E-state index contributed by atoms with van der Waals surface area (Å²) in [6.45, 7) is 0. The van der Waals surface area contributed by atoms with E-state index in [1.807, 2.05) is 6.07 Å². The van der Waals surface area contributed by atoms with Crippen molar-refractivity contribution in [3.05, 3.63) is 23.2 Å². The molecule has 1 N–H and O–H groups in total. The monoisotopic (exact) mass is 214 g/mol. The maximum absolute atomic E-state index is 9.59. The first-order valence-corrected chi connectivity index (χ1v) is 4.87. The lowest BCUT2D eigenvalue weighted by molar-refractivity contribution is 0.427. The van der Waals surface area contributed by atoms with Crippen LogP contribution in [0.2, 0.25) is 5.02 Å². The van der Waals surface area contributed by atoms with Gasteiger partial charge in [0.2, 0.25) is 0 Å². The maximum Gasteiger partial charge on any atom is 0.174 e. The number of thiophene rings is 1. The van der Waals surface area contributed by atoms with E-state index in [1.54, 1.807) is 19.2 Å². The van der Waals surface area contributed by atoms with Gasteiger partial charge in [0, 0.05) is 16.2 Å². The first-order chi connectivity index (χ1) is 6.22. The lowest BCUT2D eigenvalue weighted by atomic mass is 10.2. The lowest BCUT2D eigenvalue weighted by Gasteiger charge is -1.95. The van der Waals surface area contributed by atoms with Gasteiger partial charge in [0.15, 0.2) is 5.06 Å². The minimum Gasteiger partial charge on any atom is -0.506 e. The van der Waals surface area contributed by atoms with Crippen LogP contribution in [-0.2, 0) is 0 Å². The van der Waals surface area contributed by atoms with Gasteiger partial charge in [0.25, 0.3) is 0 Å². The molecule has 13 heavy (non-hydrogen) atoms. The molecule has 0 bridgehead atoms. The van der Waals surface area contributed by atoms with Gasteiger partial charge in [-0.3, -0.25) is 0 Å². The van der Waals surface area contributed by atoms with Gasteiger partial charge in [0.05, 0.1) is 12.1 Å². The van der Waals surface area contributed by atoms with Crippen molar-refractivity contribution in [3.8, 4) is 10.8 Å². The minimum absolute atomic E-state index is 0.124. The fourth-order valence-electron chi connectivity index (χ4n) is 1.15. The highest BCUT2D eigenvalue weighted by Gasteiger charge is 2.08. The van der Waals surface area contributed by atoms with Crippen molar-refractivity contribution in [3.63, 3.8) is 0 Å². The Morgan fingerprint density at radius 1 is 1.46 bits per heavy atom. The Morgan fingerprint density at radius 2 is 2.23 bits per heavy atom. The summed E-state index contributed by atoms with van der Waals surface area (Å²) < 4.78 is 6.03. The highest BCUT2D eigenvalue weighted by Crippen LogP contribution is 2.39. The summed E-state index contributed by atoms with van der Waals surface area (Å²) in [7, 11) is 1.60.